The molecule has 1 aromatic heterocycles. The van der Waals surface area contributed by atoms with Crippen molar-refractivity contribution in [1.82, 2.24) is 15.2 Å². The van der Waals surface area contributed by atoms with Gasteiger partial charge in [0.1, 0.15) is 0 Å². The van der Waals surface area contributed by atoms with E-state index in [1.807, 2.05) is 11.3 Å². The van der Waals surface area contributed by atoms with E-state index in [4.69, 9.17) is 4.98 Å². The Labute approximate surface area is 126 Å². The van der Waals surface area contributed by atoms with Gasteiger partial charge in [-0.3, -0.25) is 4.90 Å². The first-order valence-corrected chi connectivity index (χ1v) is 9.02. The summed E-state index contributed by atoms with van der Waals surface area (Å²) in [7, 11) is 0. The van der Waals surface area contributed by atoms with Crippen LogP contribution in [-0.4, -0.2) is 35.1 Å². The van der Waals surface area contributed by atoms with E-state index < -0.39 is 0 Å². The van der Waals surface area contributed by atoms with Crippen LogP contribution >= 0.6 is 11.3 Å². The zero-order valence-corrected chi connectivity index (χ0v) is 13.6. The van der Waals surface area contributed by atoms with Crippen LogP contribution in [0.3, 0.4) is 0 Å². The van der Waals surface area contributed by atoms with Crippen molar-refractivity contribution >= 4 is 11.3 Å². The summed E-state index contributed by atoms with van der Waals surface area (Å²) in [5.74, 6) is 0.558. The molecule has 0 bridgehead atoms. The zero-order valence-electron chi connectivity index (χ0n) is 12.8. The molecule has 1 N–H and O–H groups in total. The van der Waals surface area contributed by atoms with E-state index in [1.54, 1.807) is 0 Å². The summed E-state index contributed by atoms with van der Waals surface area (Å²) >= 11 is 1.82. The fourth-order valence-corrected chi connectivity index (χ4v) is 3.78. The fraction of sp³-hybridized carbons (Fsp3) is 0.812. The van der Waals surface area contributed by atoms with Crippen LogP contribution in [0.2, 0.25) is 0 Å². The lowest BCUT2D eigenvalue weighted by molar-refractivity contribution is 0.136. The van der Waals surface area contributed by atoms with Crippen molar-refractivity contribution in [3.63, 3.8) is 0 Å². The Hall–Kier alpha value is -0.450. The van der Waals surface area contributed by atoms with Gasteiger partial charge >= 0.3 is 0 Å². The third kappa shape index (κ3) is 3.80. The summed E-state index contributed by atoms with van der Waals surface area (Å²) in [5.41, 5.74) is 1.28. The summed E-state index contributed by atoms with van der Waals surface area (Å²) in [6.45, 7) is 7.91. The summed E-state index contributed by atoms with van der Waals surface area (Å²) in [6, 6.07) is 1.54. The average Bonchev–Trinajstić information content (AvgIpc) is 3.15. The van der Waals surface area contributed by atoms with Crippen LogP contribution in [0.25, 0.3) is 0 Å². The number of likely N-dealkylation sites (tertiary alicyclic amines) is 1. The van der Waals surface area contributed by atoms with Gasteiger partial charge in [-0.2, -0.15) is 0 Å². The minimum Gasteiger partial charge on any atom is -0.312 e. The number of nitrogens with zero attached hydrogens (tertiary/aromatic N) is 2. The largest absolute Gasteiger partial charge is 0.312 e. The van der Waals surface area contributed by atoms with Crippen molar-refractivity contribution in [1.29, 1.82) is 0 Å². The molecule has 1 saturated carbocycles. The molecule has 112 valence electrons. The molecule has 3 rings (SSSR count). The SMILES string of the molecule is CC(C)c1nc(CN2CCCCC2CNC2CC2)cs1. The second-order valence-corrected chi connectivity index (χ2v) is 7.52. The van der Waals surface area contributed by atoms with Crippen LogP contribution in [0.15, 0.2) is 5.38 Å². The van der Waals surface area contributed by atoms with Crippen LogP contribution in [0, 0.1) is 0 Å². The summed E-state index contributed by atoms with van der Waals surface area (Å²) in [5, 5.41) is 7.25. The Morgan fingerprint density at radius 1 is 1.35 bits per heavy atom. The third-order valence-electron chi connectivity index (χ3n) is 4.40. The van der Waals surface area contributed by atoms with Crippen molar-refractivity contribution in [2.45, 2.75) is 70.5 Å². The molecule has 1 saturated heterocycles. The van der Waals surface area contributed by atoms with E-state index in [9.17, 15) is 0 Å². The van der Waals surface area contributed by atoms with Gasteiger partial charge in [0.25, 0.3) is 0 Å². The molecular formula is C16H27N3S. The van der Waals surface area contributed by atoms with E-state index >= 15 is 0 Å². The first-order chi connectivity index (χ1) is 9.72. The molecule has 2 aliphatic rings. The highest BCUT2D eigenvalue weighted by Gasteiger charge is 2.26. The standard InChI is InChI=1S/C16H27N3S/c1-12(2)16-18-14(11-20-16)10-19-8-4-3-5-15(19)9-17-13-6-7-13/h11-13,15,17H,3-10H2,1-2H3. The molecule has 0 amide bonds. The molecule has 4 heteroatoms. The van der Waals surface area contributed by atoms with Crippen LogP contribution in [0.1, 0.15) is 62.6 Å². The van der Waals surface area contributed by atoms with Crippen molar-refractivity contribution in [2.75, 3.05) is 13.1 Å². The molecule has 1 aromatic rings. The minimum absolute atomic E-state index is 0.558. The van der Waals surface area contributed by atoms with Gasteiger partial charge in [0.15, 0.2) is 0 Å². The van der Waals surface area contributed by atoms with E-state index in [0.29, 0.717) is 12.0 Å². The van der Waals surface area contributed by atoms with Gasteiger partial charge in [0, 0.05) is 36.5 Å². The second kappa shape index (κ2) is 6.54. The Balaban J connectivity index is 1.56. The van der Waals surface area contributed by atoms with Crippen LogP contribution < -0.4 is 5.32 Å². The molecule has 0 radical (unpaired) electrons. The van der Waals surface area contributed by atoms with Gasteiger partial charge in [0.2, 0.25) is 0 Å². The number of aromatic nitrogens is 1. The number of hydrogen-bond acceptors (Lipinski definition) is 4. The molecule has 2 heterocycles. The maximum absolute atomic E-state index is 4.80. The monoisotopic (exact) mass is 293 g/mol. The number of piperidine rings is 1. The van der Waals surface area contributed by atoms with Gasteiger partial charge in [-0.15, -0.1) is 11.3 Å². The number of thiazole rings is 1. The van der Waals surface area contributed by atoms with Crippen molar-refractivity contribution in [2.24, 2.45) is 0 Å². The molecule has 3 nitrogen and oxygen atoms in total. The quantitative estimate of drug-likeness (QED) is 0.871. The summed E-state index contributed by atoms with van der Waals surface area (Å²) < 4.78 is 0. The highest BCUT2D eigenvalue weighted by molar-refractivity contribution is 7.09. The Morgan fingerprint density at radius 2 is 2.20 bits per heavy atom. The highest BCUT2D eigenvalue weighted by atomic mass is 32.1. The van der Waals surface area contributed by atoms with Gasteiger partial charge in [-0.25, -0.2) is 4.98 Å². The fourth-order valence-electron chi connectivity index (χ4n) is 2.96. The predicted molar refractivity (Wildman–Crippen MR) is 85.3 cm³/mol. The average molecular weight is 293 g/mol. The van der Waals surface area contributed by atoms with Crippen molar-refractivity contribution in [3.8, 4) is 0 Å². The maximum atomic E-state index is 4.80. The van der Waals surface area contributed by atoms with E-state index in [0.717, 1.165) is 12.6 Å². The first-order valence-electron chi connectivity index (χ1n) is 8.14. The molecule has 0 spiro atoms. The third-order valence-corrected chi connectivity index (χ3v) is 5.59. The van der Waals surface area contributed by atoms with Gasteiger partial charge in [0.05, 0.1) is 10.7 Å². The second-order valence-electron chi connectivity index (χ2n) is 6.63. The lowest BCUT2D eigenvalue weighted by Crippen LogP contribution is -2.45. The van der Waals surface area contributed by atoms with E-state index in [-0.39, 0.29) is 0 Å². The summed E-state index contributed by atoms with van der Waals surface area (Å²) in [6.07, 6.45) is 6.86. The molecule has 1 atom stereocenters. The van der Waals surface area contributed by atoms with Crippen LogP contribution in [0.4, 0.5) is 0 Å². The first kappa shape index (κ1) is 14.5. The Bertz CT molecular complexity index is 425. The molecule has 1 aliphatic heterocycles. The number of rotatable bonds is 6. The maximum Gasteiger partial charge on any atom is 0.0954 e. The summed E-state index contributed by atoms with van der Waals surface area (Å²) in [4.78, 5) is 7.45. The van der Waals surface area contributed by atoms with Gasteiger partial charge in [-0.05, 0) is 32.2 Å². The topological polar surface area (TPSA) is 28.2 Å². The lowest BCUT2D eigenvalue weighted by atomic mass is 10.0. The minimum atomic E-state index is 0.558. The molecular weight excluding hydrogens is 266 g/mol. The van der Waals surface area contributed by atoms with Crippen molar-refractivity contribution < 1.29 is 0 Å². The Morgan fingerprint density at radius 3 is 2.90 bits per heavy atom. The highest BCUT2D eigenvalue weighted by Crippen LogP contribution is 2.24. The lowest BCUT2D eigenvalue weighted by Gasteiger charge is -2.35. The normalized spacial score (nSPS) is 24.4. The van der Waals surface area contributed by atoms with Gasteiger partial charge < -0.3 is 5.32 Å². The predicted octanol–water partition coefficient (Wildman–Crippen LogP) is 3.37. The molecule has 1 aliphatic carbocycles. The number of hydrogen-bond donors (Lipinski definition) is 1. The zero-order chi connectivity index (χ0) is 13.9. The van der Waals surface area contributed by atoms with Crippen LogP contribution in [-0.2, 0) is 6.54 Å². The number of nitrogens with one attached hydrogen (secondary N) is 1. The van der Waals surface area contributed by atoms with Crippen LogP contribution in [0.5, 0.6) is 0 Å². The molecule has 1 unspecified atom stereocenters. The Kier molecular flexibility index (Phi) is 4.74. The smallest absolute Gasteiger partial charge is 0.0954 e. The molecule has 2 fully saturated rings. The van der Waals surface area contributed by atoms with E-state index in [2.05, 4.69) is 29.4 Å². The molecule has 20 heavy (non-hydrogen) atoms. The van der Waals surface area contributed by atoms with E-state index in [1.165, 1.54) is 55.9 Å². The van der Waals surface area contributed by atoms with Gasteiger partial charge in [-0.1, -0.05) is 20.3 Å². The molecule has 0 aromatic carbocycles. The van der Waals surface area contributed by atoms with Crippen molar-refractivity contribution in [3.05, 3.63) is 16.1 Å².